The fourth-order valence-corrected chi connectivity index (χ4v) is 1.28. The van der Waals surface area contributed by atoms with E-state index in [1.54, 1.807) is 6.92 Å². The highest BCUT2D eigenvalue weighted by atomic mass is 16.8. The summed E-state index contributed by atoms with van der Waals surface area (Å²) in [6.07, 6.45) is 1.72. The topological polar surface area (TPSA) is 38.8 Å². The molecule has 0 aliphatic carbocycles. The lowest BCUT2D eigenvalue weighted by molar-refractivity contribution is -0.154. The number of epoxide rings is 1. The molecule has 0 aromatic rings. The number of esters is 1. The minimum Gasteiger partial charge on any atom is -0.427 e. The molecule has 0 radical (unpaired) electrons. The Kier molecular flexibility index (Phi) is 2.76. The summed E-state index contributed by atoms with van der Waals surface area (Å²) in [6, 6.07) is 0. The van der Waals surface area contributed by atoms with E-state index < -0.39 is 5.79 Å². The van der Waals surface area contributed by atoms with Gasteiger partial charge in [-0.2, -0.15) is 0 Å². The summed E-state index contributed by atoms with van der Waals surface area (Å²) in [4.78, 5) is 11.2. The van der Waals surface area contributed by atoms with Crippen LogP contribution in [-0.4, -0.2) is 17.9 Å². The van der Waals surface area contributed by atoms with Gasteiger partial charge in [0.05, 0.1) is 0 Å². The highest BCUT2D eigenvalue weighted by Crippen LogP contribution is 2.41. The van der Waals surface area contributed by atoms with Crippen LogP contribution < -0.4 is 0 Å². The zero-order valence-corrected chi connectivity index (χ0v) is 8.42. The van der Waals surface area contributed by atoms with Crippen molar-refractivity contribution in [3.8, 4) is 0 Å². The van der Waals surface area contributed by atoms with Gasteiger partial charge in [-0.3, -0.25) is 0 Å². The maximum Gasteiger partial charge on any atom is 0.335 e. The van der Waals surface area contributed by atoms with Gasteiger partial charge in [-0.15, -0.1) is 0 Å². The molecule has 74 valence electrons. The number of hydrogen-bond acceptors (Lipinski definition) is 3. The van der Waals surface area contributed by atoms with Crippen molar-refractivity contribution in [2.75, 3.05) is 0 Å². The van der Waals surface area contributed by atoms with Crippen molar-refractivity contribution < 1.29 is 14.3 Å². The second-order valence-corrected chi connectivity index (χ2v) is 3.49. The van der Waals surface area contributed by atoms with Crippen LogP contribution in [0.2, 0.25) is 0 Å². The molecule has 0 amide bonds. The van der Waals surface area contributed by atoms with Crippen LogP contribution in [0.5, 0.6) is 0 Å². The van der Waals surface area contributed by atoms with Gasteiger partial charge < -0.3 is 9.47 Å². The first-order chi connectivity index (χ1) is 6.02. The van der Waals surface area contributed by atoms with E-state index in [0.29, 0.717) is 5.57 Å². The monoisotopic (exact) mass is 184 g/mol. The maximum absolute atomic E-state index is 11.2. The highest BCUT2D eigenvalue weighted by molar-refractivity contribution is 5.87. The summed E-state index contributed by atoms with van der Waals surface area (Å²) >= 11 is 0. The van der Waals surface area contributed by atoms with Crippen LogP contribution in [-0.2, 0) is 14.3 Å². The average Bonchev–Trinajstić information content (AvgIpc) is 2.61. The van der Waals surface area contributed by atoms with E-state index in [1.807, 2.05) is 13.8 Å². The van der Waals surface area contributed by atoms with Gasteiger partial charge in [0, 0.05) is 12.0 Å². The predicted molar refractivity (Wildman–Crippen MR) is 49.1 cm³/mol. The first kappa shape index (κ1) is 10.3. The number of ether oxygens (including phenoxy) is 2. The van der Waals surface area contributed by atoms with Gasteiger partial charge in [0.2, 0.25) is 5.79 Å². The Morgan fingerprint density at radius 2 is 2.23 bits per heavy atom. The molecule has 0 aromatic carbocycles. The van der Waals surface area contributed by atoms with Gasteiger partial charge in [0.15, 0.2) is 0 Å². The zero-order chi connectivity index (χ0) is 10.1. The molecule has 3 heteroatoms. The Labute approximate surface area is 78.7 Å². The van der Waals surface area contributed by atoms with E-state index in [0.717, 1.165) is 12.8 Å². The Bertz CT molecular complexity index is 234. The maximum atomic E-state index is 11.2. The van der Waals surface area contributed by atoms with E-state index in [1.165, 1.54) is 0 Å². The molecule has 0 spiro atoms. The molecular weight excluding hydrogens is 168 g/mol. The molecule has 1 fully saturated rings. The summed E-state index contributed by atoms with van der Waals surface area (Å²) in [6.45, 7) is 9.09. The van der Waals surface area contributed by atoms with Gasteiger partial charge in [-0.25, -0.2) is 4.79 Å². The van der Waals surface area contributed by atoms with Crippen molar-refractivity contribution in [2.24, 2.45) is 0 Å². The van der Waals surface area contributed by atoms with E-state index >= 15 is 0 Å². The number of carbonyl (C=O) groups excluding carboxylic acids is 1. The molecule has 13 heavy (non-hydrogen) atoms. The van der Waals surface area contributed by atoms with Gasteiger partial charge >= 0.3 is 5.97 Å². The first-order valence-corrected chi connectivity index (χ1v) is 4.58. The Balaban J connectivity index is 2.51. The van der Waals surface area contributed by atoms with E-state index in [4.69, 9.17) is 9.47 Å². The van der Waals surface area contributed by atoms with Gasteiger partial charge in [-0.05, 0) is 20.3 Å². The molecule has 1 heterocycles. The molecule has 2 unspecified atom stereocenters. The van der Waals surface area contributed by atoms with Gasteiger partial charge in [0.25, 0.3) is 0 Å². The second kappa shape index (κ2) is 3.50. The Hall–Kier alpha value is -0.830. The second-order valence-electron chi connectivity index (χ2n) is 3.49. The predicted octanol–water partition coefficient (Wildman–Crippen LogP) is 2.02. The van der Waals surface area contributed by atoms with Crippen LogP contribution in [0.25, 0.3) is 0 Å². The van der Waals surface area contributed by atoms with Crippen molar-refractivity contribution in [1.82, 2.24) is 0 Å². The van der Waals surface area contributed by atoms with Crippen LogP contribution in [0, 0.1) is 0 Å². The van der Waals surface area contributed by atoms with E-state index in [-0.39, 0.29) is 12.1 Å². The molecule has 0 N–H and O–H groups in total. The van der Waals surface area contributed by atoms with E-state index in [2.05, 4.69) is 6.58 Å². The molecule has 0 bridgehead atoms. The highest BCUT2D eigenvalue weighted by Gasteiger charge is 2.56. The number of hydrogen-bond donors (Lipinski definition) is 0. The fourth-order valence-electron chi connectivity index (χ4n) is 1.28. The summed E-state index contributed by atoms with van der Waals surface area (Å²) in [7, 11) is 0. The third-order valence-electron chi connectivity index (χ3n) is 2.15. The third-order valence-corrected chi connectivity index (χ3v) is 2.15. The lowest BCUT2D eigenvalue weighted by atomic mass is 10.1. The van der Waals surface area contributed by atoms with Gasteiger partial charge in [0.1, 0.15) is 6.10 Å². The minimum absolute atomic E-state index is 0.0238. The lowest BCUT2D eigenvalue weighted by Crippen LogP contribution is -2.23. The van der Waals surface area contributed by atoms with Crippen molar-refractivity contribution in [2.45, 2.75) is 45.5 Å². The smallest absolute Gasteiger partial charge is 0.335 e. The van der Waals surface area contributed by atoms with Gasteiger partial charge in [-0.1, -0.05) is 13.5 Å². The molecule has 1 rings (SSSR count). The van der Waals surface area contributed by atoms with Crippen LogP contribution in [0.3, 0.4) is 0 Å². The number of rotatable bonds is 4. The van der Waals surface area contributed by atoms with Crippen molar-refractivity contribution in [3.63, 3.8) is 0 Å². The molecule has 2 atom stereocenters. The normalized spacial score (nSPS) is 31.2. The average molecular weight is 184 g/mol. The summed E-state index contributed by atoms with van der Waals surface area (Å²) in [5.41, 5.74) is 0.415. The van der Waals surface area contributed by atoms with E-state index in [9.17, 15) is 4.79 Å². The summed E-state index contributed by atoms with van der Waals surface area (Å²) in [5, 5.41) is 0. The SMILES string of the molecule is C=C(C)C(=O)OC1(CCC)OC1C. The summed E-state index contributed by atoms with van der Waals surface area (Å²) < 4.78 is 10.5. The molecule has 1 aliphatic rings. The minimum atomic E-state index is -0.648. The summed E-state index contributed by atoms with van der Waals surface area (Å²) in [5.74, 6) is -1.01. The Morgan fingerprint density at radius 3 is 2.54 bits per heavy atom. The lowest BCUT2D eigenvalue weighted by Gasteiger charge is -2.12. The quantitative estimate of drug-likeness (QED) is 0.381. The number of carbonyl (C=O) groups is 1. The molecule has 0 aromatic heterocycles. The molecule has 0 saturated carbocycles. The third kappa shape index (κ3) is 2.10. The molecule has 3 nitrogen and oxygen atoms in total. The van der Waals surface area contributed by atoms with Crippen LogP contribution >= 0.6 is 0 Å². The zero-order valence-electron chi connectivity index (χ0n) is 8.42. The molecular formula is C10H16O3. The van der Waals surface area contributed by atoms with Crippen molar-refractivity contribution in [1.29, 1.82) is 0 Å². The first-order valence-electron chi connectivity index (χ1n) is 4.58. The van der Waals surface area contributed by atoms with Crippen molar-refractivity contribution >= 4 is 5.97 Å². The van der Waals surface area contributed by atoms with Crippen LogP contribution in [0.4, 0.5) is 0 Å². The van der Waals surface area contributed by atoms with Crippen molar-refractivity contribution in [3.05, 3.63) is 12.2 Å². The largest absolute Gasteiger partial charge is 0.427 e. The molecule has 1 saturated heterocycles. The standard InChI is InChI=1S/C10H16O3/c1-5-6-10(8(4)12-10)13-9(11)7(2)3/h8H,2,5-6H2,1,3-4H3. The fraction of sp³-hybridized carbons (Fsp3) is 0.700. The molecule has 1 aliphatic heterocycles. The van der Waals surface area contributed by atoms with Crippen LogP contribution in [0.1, 0.15) is 33.6 Å². The Morgan fingerprint density at radius 1 is 1.69 bits per heavy atom. The van der Waals surface area contributed by atoms with Crippen LogP contribution in [0.15, 0.2) is 12.2 Å².